The summed E-state index contributed by atoms with van der Waals surface area (Å²) in [6, 6.07) is 73.8. The van der Waals surface area contributed by atoms with Gasteiger partial charge in [0.25, 0.3) is 0 Å². The van der Waals surface area contributed by atoms with Crippen LogP contribution < -0.4 is 9.80 Å². The van der Waals surface area contributed by atoms with E-state index >= 15 is 0 Å². The van der Waals surface area contributed by atoms with E-state index in [0.717, 1.165) is 11.4 Å². The molecule has 5 heterocycles. The van der Waals surface area contributed by atoms with Gasteiger partial charge in [-0.2, -0.15) is 0 Å². The third-order valence-corrected chi connectivity index (χ3v) is 15.5. The maximum Gasteiger partial charge on any atom is 0.0713 e. The minimum Gasteiger partial charge on any atom is -0.309 e. The third kappa shape index (κ3) is 4.95. The zero-order valence-electron chi connectivity index (χ0n) is 33.9. The van der Waals surface area contributed by atoms with Crippen LogP contribution in [0.15, 0.2) is 200 Å². The predicted molar refractivity (Wildman–Crippen MR) is 272 cm³/mol. The van der Waals surface area contributed by atoms with E-state index in [9.17, 15) is 0 Å². The van der Waals surface area contributed by atoms with Gasteiger partial charge in [0.1, 0.15) is 0 Å². The Labute approximate surface area is 371 Å². The summed E-state index contributed by atoms with van der Waals surface area (Å²) >= 11 is 3.81. The lowest BCUT2D eigenvalue weighted by molar-refractivity contribution is 1.15. The molecule has 63 heavy (non-hydrogen) atoms. The molecule has 5 heteroatoms. The maximum absolute atomic E-state index is 2.56. The second kappa shape index (κ2) is 13.4. The molecule has 0 radical (unpaired) electrons. The third-order valence-electron chi connectivity index (χ3n) is 13.1. The van der Waals surface area contributed by atoms with Crippen LogP contribution in [0, 0.1) is 0 Å². The van der Waals surface area contributed by atoms with Gasteiger partial charge in [-0.15, -0.1) is 22.7 Å². The lowest BCUT2D eigenvalue weighted by Gasteiger charge is -2.28. The lowest BCUT2D eigenvalue weighted by Crippen LogP contribution is -2.12. The molecule has 3 aromatic heterocycles. The van der Waals surface area contributed by atoms with Crippen LogP contribution >= 0.6 is 22.7 Å². The highest BCUT2D eigenvalue weighted by Crippen LogP contribution is 2.56. The Bertz CT molecular complexity index is 3890. The summed E-state index contributed by atoms with van der Waals surface area (Å²) in [7, 11) is 0. The van der Waals surface area contributed by atoms with Crippen molar-refractivity contribution in [3.63, 3.8) is 0 Å². The first-order chi connectivity index (χ1) is 31.3. The van der Waals surface area contributed by atoms with Crippen LogP contribution in [0.4, 0.5) is 34.1 Å². The second-order valence-electron chi connectivity index (χ2n) is 16.4. The van der Waals surface area contributed by atoms with Gasteiger partial charge >= 0.3 is 0 Å². The molecule has 14 rings (SSSR count). The Morgan fingerprint density at radius 3 is 1.76 bits per heavy atom. The van der Waals surface area contributed by atoms with Crippen LogP contribution in [0.5, 0.6) is 0 Å². The molecule has 2 aliphatic heterocycles. The number of hydrogen-bond donors (Lipinski definition) is 0. The summed E-state index contributed by atoms with van der Waals surface area (Å²) < 4.78 is 7.71. The highest BCUT2D eigenvalue weighted by atomic mass is 32.1. The summed E-state index contributed by atoms with van der Waals surface area (Å²) in [6.45, 7) is 0. The number of fused-ring (bicyclic) bond motifs is 16. The molecule has 0 N–H and O–H groups in total. The minimum atomic E-state index is 1.14. The molecule has 0 saturated heterocycles. The summed E-state index contributed by atoms with van der Waals surface area (Å²) in [5.74, 6) is 0. The highest BCUT2D eigenvalue weighted by molar-refractivity contribution is 7.27. The Hall–Kier alpha value is -7.70. The molecule has 0 amide bonds. The Morgan fingerprint density at radius 1 is 0.333 bits per heavy atom. The molecule has 0 aliphatic carbocycles. The van der Waals surface area contributed by atoms with E-state index < -0.39 is 0 Å². The zero-order chi connectivity index (χ0) is 41.2. The Morgan fingerprint density at radius 2 is 0.921 bits per heavy atom. The highest BCUT2D eigenvalue weighted by Gasteiger charge is 2.32. The molecule has 0 bridgehead atoms. The summed E-state index contributed by atoms with van der Waals surface area (Å²) in [4.78, 5) is 5.00. The standard InChI is InChI=1S/C58H35N3S2/c1-2-17-38(18-3-1)59-47-26-10-5-20-43(47)53-44-21-6-11-27-48(44)61(55(53)45-22-7-12-28-49(45)59)51-30-15-24-41-40-23-14-29-50(56(40)63-57(41)51)60-46-25-9-4-16-36(46)32-33-37-34-35-42-39-19-8-13-31-52(39)62-58(42)54(37)60/h1-35H. The van der Waals surface area contributed by atoms with Crippen molar-refractivity contribution in [3.8, 4) is 28.1 Å². The topological polar surface area (TPSA) is 11.4 Å². The van der Waals surface area contributed by atoms with Crippen molar-refractivity contribution in [3.05, 3.63) is 211 Å². The monoisotopic (exact) mass is 837 g/mol. The van der Waals surface area contributed by atoms with Gasteiger partial charge in [-0.3, -0.25) is 0 Å². The van der Waals surface area contributed by atoms with Gasteiger partial charge < -0.3 is 14.4 Å². The average Bonchev–Trinajstić information content (AvgIpc) is 3.96. The van der Waals surface area contributed by atoms with Gasteiger partial charge in [0, 0.05) is 59.6 Å². The normalized spacial score (nSPS) is 13.0. The maximum atomic E-state index is 2.56. The molecule has 0 spiro atoms. The van der Waals surface area contributed by atoms with Gasteiger partial charge in [-0.05, 0) is 60.2 Å². The van der Waals surface area contributed by atoms with E-state index in [-0.39, 0.29) is 0 Å². The SMILES string of the molecule is C1=Cc2ccc3c(sc4ccccc43)c2N(c2cccc3c2sc2c(-n4c5c(c6ccccc64)-c4ccccc4N(c4ccccc4)c4ccccc4-5)cccc23)c2ccccc21. The molecule has 12 aromatic rings. The van der Waals surface area contributed by atoms with Crippen LogP contribution in [0.25, 0.3) is 91.5 Å². The number of benzene rings is 9. The molecule has 0 saturated carbocycles. The molecule has 9 aromatic carbocycles. The number of nitrogens with zero attached hydrogens (tertiary/aromatic N) is 3. The average molecular weight is 838 g/mol. The Kier molecular flexibility index (Phi) is 7.43. The number of anilines is 6. The van der Waals surface area contributed by atoms with Gasteiger partial charge in [-0.25, -0.2) is 0 Å². The predicted octanol–water partition coefficient (Wildman–Crippen LogP) is 17.4. The van der Waals surface area contributed by atoms with Crippen LogP contribution in [0.1, 0.15) is 11.1 Å². The van der Waals surface area contributed by atoms with E-state index in [1.807, 2.05) is 22.7 Å². The van der Waals surface area contributed by atoms with Crippen molar-refractivity contribution in [2.24, 2.45) is 0 Å². The van der Waals surface area contributed by atoms with Crippen LogP contribution in [-0.4, -0.2) is 4.57 Å². The van der Waals surface area contributed by atoms with Crippen molar-refractivity contribution < 1.29 is 0 Å². The van der Waals surface area contributed by atoms with E-state index in [1.54, 1.807) is 0 Å². The summed E-state index contributed by atoms with van der Waals surface area (Å²) in [5, 5.41) is 6.36. The number of thiophene rings is 2. The van der Waals surface area contributed by atoms with Gasteiger partial charge in [0.05, 0.1) is 59.4 Å². The number of hydrogen-bond acceptors (Lipinski definition) is 4. The first-order valence-electron chi connectivity index (χ1n) is 21.4. The van der Waals surface area contributed by atoms with E-state index in [0.29, 0.717) is 0 Å². The zero-order valence-corrected chi connectivity index (χ0v) is 35.5. The van der Waals surface area contributed by atoms with E-state index in [2.05, 4.69) is 227 Å². The largest absolute Gasteiger partial charge is 0.309 e. The first-order valence-corrected chi connectivity index (χ1v) is 23.1. The molecule has 294 valence electrons. The van der Waals surface area contributed by atoms with E-state index in [4.69, 9.17) is 0 Å². The molecule has 0 atom stereocenters. The van der Waals surface area contributed by atoms with Gasteiger partial charge in [0.2, 0.25) is 0 Å². The van der Waals surface area contributed by atoms with Crippen LogP contribution in [0.3, 0.4) is 0 Å². The van der Waals surface area contributed by atoms with Crippen molar-refractivity contribution >= 4 is 120 Å². The van der Waals surface area contributed by atoms with Gasteiger partial charge in [0.15, 0.2) is 0 Å². The molecular formula is C58H35N3S2. The van der Waals surface area contributed by atoms with Crippen LogP contribution in [-0.2, 0) is 0 Å². The molecule has 0 fully saturated rings. The fourth-order valence-corrected chi connectivity index (χ4v) is 13.0. The van der Waals surface area contributed by atoms with Crippen LogP contribution in [0.2, 0.25) is 0 Å². The molecular weight excluding hydrogens is 803 g/mol. The summed E-state index contributed by atoms with van der Waals surface area (Å²) in [5.41, 5.74) is 16.7. The second-order valence-corrected chi connectivity index (χ2v) is 18.5. The number of rotatable bonds is 3. The summed E-state index contributed by atoms with van der Waals surface area (Å²) in [6.07, 6.45) is 4.59. The minimum absolute atomic E-state index is 1.14. The number of para-hydroxylation sites is 5. The quantitative estimate of drug-likeness (QED) is 0.176. The fourth-order valence-electron chi connectivity index (χ4n) is 10.4. The number of aromatic nitrogens is 1. The Balaban J connectivity index is 1.07. The van der Waals surface area contributed by atoms with Crippen molar-refractivity contribution in [2.45, 2.75) is 0 Å². The smallest absolute Gasteiger partial charge is 0.0713 e. The molecule has 0 unspecified atom stereocenters. The van der Waals surface area contributed by atoms with E-state index in [1.165, 1.54) is 113 Å². The molecule has 3 nitrogen and oxygen atoms in total. The first kappa shape index (κ1) is 35.0. The van der Waals surface area contributed by atoms with Crippen molar-refractivity contribution in [1.82, 2.24) is 4.57 Å². The van der Waals surface area contributed by atoms with Gasteiger partial charge in [-0.1, -0.05) is 158 Å². The lowest BCUT2D eigenvalue weighted by atomic mass is 9.98. The van der Waals surface area contributed by atoms with Crippen molar-refractivity contribution in [1.29, 1.82) is 0 Å². The van der Waals surface area contributed by atoms with Crippen molar-refractivity contribution in [2.75, 3.05) is 9.80 Å². The molecule has 2 aliphatic rings. The fraction of sp³-hybridized carbons (Fsp3) is 0.